The molecule has 6 heteroatoms. The second-order valence-corrected chi connectivity index (χ2v) is 6.63. The van der Waals surface area contributed by atoms with E-state index in [-0.39, 0.29) is 11.9 Å². The van der Waals surface area contributed by atoms with E-state index in [1.807, 2.05) is 6.92 Å². The number of aliphatic carboxylic acids is 1. The van der Waals surface area contributed by atoms with Crippen LogP contribution >= 0.6 is 11.6 Å². The smallest absolute Gasteiger partial charge is 0.347 e. The molecule has 0 saturated heterocycles. The van der Waals surface area contributed by atoms with Crippen molar-refractivity contribution in [3.8, 4) is 5.75 Å². The van der Waals surface area contributed by atoms with E-state index in [4.69, 9.17) is 21.4 Å². The Bertz CT molecular complexity index is 754. The lowest BCUT2D eigenvalue weighted by molar-refractivity contribution is -0.152. The number of hydrogen-bond acceptors (Lipinski definition) is 3. The van der Waals surface area contributed by atoms with Crippen LogP contribution in [0.4, 0.5) is 0 Å². The number of nitrogens with one attached hydrogen (secondary N) is 1. The fourth-order valence-corrected chi connectivity index (χ4v) is 2.25. The maximum Gasteiger partial charge on any atom is 0.347 e. The van der Waals surface area contributed by atoms with Gasteiger partial charge in [-0.1, -0.05) is 23.7 Å². The van der Waals surface area contributed by atoms with Crippen LogP contribution in [0.1, 0.15) is 42.7 Å². The Hall–Kier alpha value is -2.53. The van der Waals surface area contributed by atoms with Gasteiger partial charge in [-0.3, -0.25) is 4.79 Å². The van der Waals surface area contributed by atoms with Gasteiger partial charge in [0.25, 0.3) is 5.91 Å². The molecule has 5 nitrogen and oxygen atoms in total. The molecule has 2 rings (SSSR count). The lowest BCUT2D eigenvalue weighted by Crippen LogP contribution is -2.37. The molecule has 0 aromatic heterocycles. The molecule has 0 radical (unpaired) electrons. The third-order valence-corrected chi connectivity index (χ3v) is 3.97. The van der Waals surface area contributed by atoms with Crippen molar-refractivity contribution in [2.45, 2.75) is 32.4 Å². The second kappa shape index (κ2) is 7.57. The minimum Gasteiger partial charge on any atom is -0.478 e. The molecule has 1 atom stereocenters. The molecule has 0 bridgehead atoms. The monoisotopic (exact) mass is 361 g/mol. The van der Waals surface area contributed by atoms with Gasteiger partial charge in [-0.25, -0.2) is 4.79 Å². The van der Waals surface area contributed by atoms with E-state index in [2.05, 4.69) is 5.32 Å². The van der Waals surface area contributed by atoms with Crippen LogP contribution in [0, 0.1) is 0 Å². The van der Waals surface area contributed by atoms with Gasteiger partial charge in [0.1, 0.15) is 5.75 Å². The van der Waals surface area contributed by atoms with Crippen LogP contribution in [0.3, 0.4) is 0 Å². The van der Waals surface area contributed by atoms with Crippen LogP contribution in [0.25, 0.3) is 0 Å². The Labute approximate surface area is 151 Å². The zero-order valence-corrected chi connectivity index (χ0v) is 15.0. The summed E-state index contributed by atoms with van der Waals surface area (Å²) in [6, 6.07) is 13.4. The zero-order chi connectivity index (χ0) is 18.6. The maximum atomic E-state index is 12.2. The van der Waals surface area contributed by atoms with Crippen molar-refractivity contribution < 1.29 is 19.4 Å². The Morgan fingerprint density at radius 3 is 2.16 bits per heavy atom. The fourth-order valence-electron chi connectivity index (χ4n) is 2.13. The van der Waals surface area contributed by atoms with Crippen LogP contribution in [0.5, 0.6) is 5.75 Å². The summed E-state index contributed by atoms with van der Waals surface area (Å²) in [6.07, 6.45) is 0. The molecule has 0 spiro atoms. The van der Waals surface area contributed by atoms with Gasteiger partial charge in [0.05, 0.1) is 6.04 Å². The van der Waals surface area contributed by atoms with Crippen molar-refractivity contribution in [3.05, 3.63) is 64.7 Å². The van der Waals surface area contributed by atoms with Crippen LogP contribution < -0.4 is 10.1 Å². The summed E-state index contributed by atoms with van der Waals surface area (Å²) in [5.74, 6) is -0.788. The number of hydrogen-bond donors (Lipinski definition) is 2. The molecule has 0 fully saturated rings. The SMILES string of the molecule is CC(NC(=O)c1ccc(Cl)cc1)c1ccc(OC(C)(C)C(=O)O)cc1. The third-order valence-electron chi connectivity index (χ3n) is 3.72. The van der Waals surface area contributed by atoms with E-state index in [0.29, 0.717) is 16.3 Å². The largest absolute Gasteiger partial charge is 0.478 e. The van der Waals surface area contributed by atoms with Crippen LogP contribution in [-0.4, -0.2) is 22.6 Å². The molecule has 2 aromatic rings. The lowest BCUT2D eigenvalue weighted by Gasteiger charge is -2.22. The number of carbonyl (C=O) groups is 2. The minimum atomic E-state index is -1.31. The predicted octanol–water partition coefficient (Wildman–Crippen LogP) is 4.07. The highest BCUT2D eigenvalue weighted by atomic mass is 35.5. The summed E-state index contributed by atoms with van der Waals surface area (Å²) in [6.45, 7) is 4.83. The Morgan fingerprint density at radius 2 is 1.64 bits per heavy atom. The molecule has 2 N–H and O–H groups in total. The summed E-state index contributed by atoms with van der Waals surface area (Å²) in [5.41, 5.74) is 0.0952. The topological polar surface area (TPSA) is 75.6 Å². The second-order valence-electron chi connectivity index (χ2n) is 6.19. The first-order valence-electron chi connectivity index (χ1n) is 7.78. The van der Waals surface area contributed by atoms with Gasteiger partial charge in [0.15, 0.2) is 5.60 Å². The standard InChI is InChI=1S/C19H20ClNO4/c1-12(21-17(22)14-4-8-15(20)9-5-14)13-6-10-16(11-7-13)25-19(2,3)18(23)24/h4-12H,1-3H3,(H,21,22)(H,23,24). The first-order valence-corrected chi connectivity index (χ1v) is 8.15. The molecular weight excluding hydrogens is 342 g/mol. The first kappa shape index (κ1) is 18.8. The summed E-state index contributed by atoms with van der Waals surface area (Å²) in [5, 5.41) is 12.6. The summed E-state index contributed by atoms with van der Waals surface area (Å²) < 4.78 is 5.46. The summed E-state index contributed by atoms with van der Waals surface area (Å²) >= 11 is 5.82. The average molecular weight is 362 g/mol. The van der Waals surface area contributed by atoms with Gasteiger partial charge in [0.2, 0.25) is 0 Å². The number of carbonyl (C=O) groups excluding carboxylic acids is 1. The molecule has 0 aliphatic carbocycles. The molecule has 2 aromatic carbocycles. The summed E-state index contributed by atoms with van der Waals surface area (Å²) in [4.78, 5) is 23.3. The van der Waals surface area contributed by atoms with E-state index in [1.165, 1.54) is 13.8 Å². The molecule has 0 aliphatic rings. The quantitative estimate of drug-likeness (QED) is 0.813. The van der Waals surface area contributed by atoms with Crippen molar-refractivity contribution in [1.82, 2.24) is 5.32 Å². The van der Waals surface area contributed by atoms with Crippen LogP contribution in [0.15, 0.2) is 48.5 Å². The van der Waals surface area contributed by atoms with Crippen molar-refractivity contribution in [2.75, 3.05) is 0 Å². The average Bonchev–Trinajstić information content (AvgIpc) is 2.55. The first-order chi connectivity index (χ1) is 11.7. The molecule has 1 unspecified atom stereocenters. The molecule has 0 saturated carbocycles. The van der Waals surface area contributed by atoms with Crippen molar-refractivity contribution >= 4 is 23.5 Å². The van der Waals surface area contributed by atoms with Crippen molar-refractivity contribution in [1.29, 1.82) is 0 Å². The lowest BCUT2D eigenvalue weighted by atomic mass is 10.1. The molecule has 25 heavy (non-hydrogen) atoms. The molecule has 1 amide bonds. The van der Waals surface area contributed by atoms with Gasteiger partial charge < -0.3 is 15.2 Å². The van der Waals surface area contributed by atoms with Gasteiger partial charge in [-0.2, -0.15) is 0 Å². The van der Waals surface area contributed by atoms with Gasteiger partial charge in [0, 0.05) is 10.6 Å². The van der Waals surface area contributed by atoms with E-state index >= 15 is 0 Å². The van der Waals surface area contributed by atoms with E-state index < -0.39 is 11.6 Å². The molecule has 0 heterocycles. The zero-order valence-electron chi connectivity index (χ0n) is 14.2. The van der Waals surface area contributed by atoms with E-state index in [0.717, 1.165) is 5.56 Å². The van der Waals surface area contributed by atoms with Gasteiger partial charge >= 0.3 is 5.97 Å². The molecular formula is C19H20ClNO4. The number of ether oxygens (including phenoxy) is 1. The van der Waals surface area contributed by atoms with Crippen molar-refractivity contribution in [2.24, 2.45) is 0 Å². The fraction of sp³-hybridized carbons (Fsp3) is 0.263. The maximum absolute atomic E-state index is 12.2. The van der Waals surface area contributed by atoms with E-state index in [9.17, 15) is 9.59 Å². The highest BCUT2D eigenvalue weighted by Gasteiger charge is 2.29. The Morgan fingerprint density at radius 1 is 1.08 bits per heavy atom. The van der Waals surface area contributed by atoms with Crippen LogP contribution in [0.2, 0.25) is 5.02 Å². The number of carboxylic acid groups (broad SMARTS) is 1. The van der Waals surface area contributed by atoms with Crippen LogP contribution in [-0.2, 0) is 4.79 Å². The molecule has 132 valence electrons. The highest BCUT2D eigenvalue weighted by Crippen LogP contribution is 2.22. The number of carboxylic acids is 1. The number of halogens is 1. The number of benzene rings is 2. The van der Waals surface area contributed by atoms with Crippen molar-refractivity contribution in [3.63, 3.8) is 0 Å². The number of amides is 1. The predicted molar refractivity (Wildman–Crippen MR) is 96.1 cm³/mol. The van der Waals surface area contributed by atoms with E-state index in [1.54, 1.807) is 48.5 Å². The molecule has 0 aliphatic heterocycles. The van der Waals surface area contributed by atoms with Gasteiger partial charge in [-0.05, 0) is 62.7 Å². The highest BCUT2D eigenvalue weighted by molar-refractivity contribution is 6.30. The third kappa shape index (κ3) is 4.97. The normalized spacial score (nSPS) is 12.3. The minimum absolute atomic E-state index is 0.198. The summed E-state index contributed by atoms with van der Waals surface area (Å²) in [7, 11) is 0. The Balaban J connectivity index is 2.02. The van der Waals surface area contributed by atoms with Gasteiger partial charge in [-0.15, -0.1) is 0 Å². The Kier molecular flexibility index (Phi) is 5.69. The number of rotatable bonds is 6.